The van der Waals surface area contributed by atoms with Crippen LogP contribution in [-0.4, -0.2) is 26.6 Å². The van der Waals surface area contributed by atoms with Gasteiger partial charge in [-0.2, -0.15) is 8.42 Å². The highest BCUT2D eigenvalue weighted by Crippen LogP contribution is 2.34. The van der Waals surface area contributed by atoms with Crippen molar-refractivity contribution in [3.8, 4) is 11.5 Å². The van der Waals surface area contributed by atoms with E-state index in [0.717, 1.165) is 11.3 Å². The average molecular weight is 515 g/mol. The third-order valence-corrected chi connectivity index (χ3v) is 7.11. The van der Waals surface area contributed by atoms with E-state index < -0.39 is 10.1 Å². The number of hydrogen-bond donors (Lipinski definition) is 1. The Bertz CT molecular complexity index is 1400. The summed E-state index contributed by atoms with van der Waals surface area (Å²) < 4.78 is 35.8. The van der Waals surface area contributed by atoms with Gasteiger partial charge in [-0.1, -0.05) is 35.4 Å². The highest BCUT2D eigenvalue weighted by atomic mass is 35.5. The monoisotopic (exact) mass is 514 g/mol. The fourth-order valence-corrected chi connectivity index (χ4v) is 4.89. The SMILES string of the molecule is COc1cc(/C=C2\SC(=Nc3ccc(C)cc3)NC2=O)ccc1OS(=O)(=O)c1ccc(Cl)cc1. The van der Waals surface area contributed by atoms with Crippen LogP contribution in [0.5, 0.6) is 11.5 Å². The molecule has 7 nitrogen and oxygen atoms in total. The number of aryl methyl sites for hydroxylation is 1. The number of nitrogens with one attached hydrogen (secondary N) is 1. The molecule has 1 heterocycles. The summed E-state index contributed by atoms with van der Waals surface area (Å²) in [5.74, 6) is -0.0611. The lowest BCUT2D eigenvalue weighted by Gasteiger charge is -2.11. The van der Waals surface area contributed by atoms with Crippen molar-refractivity contribution in [2.45, 2.75) is 11.8 Å². The van der Waals surface area contributed by atoms with Crippen LogP contribution in [-0.2, 0) is 14.9 Å². The molecular weight excluding hydrogens is 496 g/mol. The minimum atomic E-state index is -4.08. The van der Waals surface area contributed by atoms with Crippen LogP contribution < -0.4 is 14.2 Å². The number of halogens is 1. The number of carbonyl (C=O) groups is 1. The molecule has 0 bridgehead atoms. The number of benzene rings is 3. The molecule has 10 heteroatoms. The second-order valence-corrected chi connectivity index (χ2v) is 10.2. The number of hydrogen-bond acceptors (Lipinski definition) is 7. The zero-order valence-corrected chi connectivity index (χ0v) is 20.5. The normalized spacial score (nSPS) is 16.0. The van der Waals surface area contributed by atoms with Crippen molar-refractivity contribution in [2.24, 2.45) is 4.99 Å². The van der Waals surface area contributed by atoms with Crippen LogP contribution in [0, 0.1) is 6.92 Å². The average Bonchev–Trinajstić information content (AvgIpc) is 3.14. The third kappa shape index (κ3) is 5.61. The van der Waals surface area contributed by atoms with E-state index >= 15 is 0 Å². The predicted octanol–water partition coefficient (Wildman–Crippen LogP) is 5.32. The lowest BCUT2D eigenvalue weighted by Crippen LogP contribution is -2.19. The predicted molar refractivity (Wildman–Crippen MR) is 134 cm³/mol. The molecule has 1 aliphatic rings. The Hall–Kier alpha value is -3.27. The summed E-state index contributed by atoms with van der Waals surface area (Å²) in [5.41, 5.74) is 2.48. The van der Waals surface area contributed by atoms with Crippen LogP contribution in [0.1, 0.15) is 11.1 Å². The van der Waals surface area contributed by atoms with E-state index in [0.29, 0.717) is 20.7 Å². The topological polar surface area (TPSA) is 94.1 Å². The Morgan fingerprint density at radius 1 is 1.00 bits per heavy atom. The number of thioether (sulfide) groups is 1. The van der Waals surface area contributed by atoms with Crippen molar-refractivity contribution in [2.75, 3.05) is 7.11 Å². The van der Waals surface area contributed by atoms with Gasteiger partial charge in [0.25, 0.3) is 5.91 Å². The molecule has 0 saturated carbocycles. The Kier molecular flexibility index (Phi) is 6.97. The van der Waals surface area contributed by atoms with E-state index in [1.807, 2.05) is 31.2 Å². The summed E-state index contributed by atoms with van der Waals surface area (Å²) in [6.45, 7) is 1.99. The zero-order chi connectivity index (χ0) is 24.3. The van der Waals surface area contributed by atoms with Gasteiger partial charge in [0.1, 0.15) is 4.90 Å². The summed E-state index contributed by atoms with van der Waals surface area (Å²) >= 11 is 7.03. The first kappa shape index (κ1) is 23.9. The summed E-state index contributed by atoms with van der Waals surface area (Å²) in [6, 6.07) is 18.0. The van der Waals surface area contributed by atoms with Crippen molar-refractivity contribution in [1.82, 2.24) is 5.32 Å². The first-order chi connectivity index (χ1) is 16.2. The zero-order valence-electron chi connectivity index (χ0n) is 18.1. The molecule has 3 aromatic carbocycles. The first-order valence-electron chi connectivity index (χ1n) is 9.98. The number of methoxy groups -OCH3 is 1. The largest absolute Gasteiger partial charge is 0.493 e. The van der Waals surface area contributed by atoms with E-state index in [4.69, 9.17) is 20.5 Å². The van der Waals surface area contributed by atoms with E-state index in [9.17, 15) is 13.2 Å². The molecule has 1 saturated heterocycles. The second kappa shape index (κ2) is 9.92. The van der Waals surface area contributed by atoms with Crippen LogP contribution in [0.3, 0.4) is 0 Å². The molecule has 3 aromatic rings. The van der Waals surface area contributed by atoms with Crippen molar-refractivity contribution in [3.05, 3.63) is 87.8 Å². The van der Waals surface area contributed by atoms with Crippen LogP contribution in [0.25, 0.3) is 6.08 Å². The van der Waals surface area contributed by atoms with Gasteiger partial charge in [0.2, 0.25) is 0 Å². The fraction of sp³-hybridized carbons (Fsp3) is 0.0833. The minimum Gasteiger partial charge on any atom is -0.493 e. The number of carbonyl (C=O) groups excluding carboxylic acids is 1. The highest BCUT2D eigenvalue weighted by Gasteiger charge is 2.24. The number of ether oxygens (including phenoxy) is 1. The quantitative estimate of drug-likeness (QED) is 0.353. The summed E-state index contributed by atoms with van der Waals surface area (Å²) in [6.07, 6.45) is 1.66. The van der Waals surface area contributed by atoms with Crippen LogP contribution in [0.15, 0.2) is 81.5 Å². The van der Waals surface area contributed by atoms with Gasteiger partial charge >= 0.3 is 10.1 Å². The molecule has 1 fully saturated rings. The molecule has 0 aliphatic carbocycles. The smallest absolute Gasteiger partial charge is 0.339 e. The Morgan fingerprint density at radius 2 is 1.71 bits per heavy atom. The van der Waals surface area contributed by atoms with Gasteiger partial charge < -0.3 is 14.2 Å². The summed E-state index contributed by atoms with van der Waals surface area (Å²) in [4.78, 5) is 17.3. The van der Waals surface area contributed by atoms with Crippen molar-refractivity contribution >= 4 is 56.3 Å². The van der Waals surface area contributed by atoms with Gasteiger partial charge in [0.05, 0.1) is 17.7 Å². The molecule has 0 spiro atoms. The van der Waals surface area contributed by atoms with Gasteiger partial charge in [-0.15, -0.1) is 0 Å². The maximum Gasteiger partial charge on any atom is 0.339 e. The van der Waals surface area contributed by atoms with Crippen LogP contribution in [0.4, 0.5) is 5.69 Å². The van der Waals surface area contributed by atoms with Crippen LogP contribution in [0.2, 0.25) is 5.02 Å². The molecule has 1 aliphatic heterocycles. The number of nitrogens with zero attached hydrogens (tertiary/aromatic N) is 1. The molecular formula is C24H19ClN2O5S2. The summed E-state index contributed by atoms with van der Waals surface area (Å²) in [7, 11) is -2.68. The highest BCUT2D eigenvalue weighted by molar-refractivity contribution is 8.18. The van der Waals surface area contributed by atoms with Gasteiger partial charge in [0.15, 0.2) is 16.7 Å². The van der Waals surface area contributed by atoms with Gasteiger partial charge in [-0.3, -0.25) is 4.79 Å². The van der Waals surface area contributed by atoms with Gasteiger partial charge in [0, 0.05) is 5.02 Å². The van der Waals surface area contributed by atoms with Crippen molar-refractivity contribution in [3.63, 3.8) is 0 Å². The number of rotatable bonds is 6. The fourth-order valence-electron chi connectivity index (χ4n) is 2.98. The molecule has 174 valence electrons. The molecule has 4 rings (SSSR count). The number of aliphatic imine (C=N–C) groups is 1. The van der Waals surface area contributed by atoms with E-state index in [-0.39, 0.29) is 22.3 Å². The Labute approximate surface area is 206 Å². The van der Waals surface area contributed by atoms with E-state index in [1.54, 1.807) is 18.2 Å². The summed E-state index contributed by atoms with van der Waals surface area (Å²) in [5, 5.41) is 3.63. The molecule has 34 heavy (non-hydrogen) atoms. The standard InChI is InChI=1S/C24H19ClN2O5S2/c1-15-3-8-18(9-4-15)26-24-27-23(28)22(33-24)14-16-5-12-20(21(13-16)31-2)32-34(29,30)19-10-6-17(25)7-11-19/h3-14H,1-2H3,(H,26,27,28)/b22-14-. The van der Waals surface area contributed by atoms with Gasteiger partial charge in [-0.05, 0) is 78.9 Å². The first-order valence-corrected chi connectivity index (χ1v) is 12.6. The molecule has 0 unspecified atom stereocenters. The lowest BCUT2D eigenvalue weighted by atomic mass is 10.2. The maximum atomic E-state index is 12.6. The van der Waals surface area contributed by atoms with Crippen molar-refractivity contribution in [1.29, 1.82) is 0 Å². The third-order valence-electron chi connectivity index (χ3n) is 4.70. The van der Waals surface area contributed by atoms with Crippen LogP contribution >= 0.6 is 23.4 Å². The minimum absolute atomic E-state index is 0.0183. The molecule has 0 atom stereocenters. The molecule has 0 radical (unpaired) electrons. The number of amides is 1. The second-order valence-electron chi connectivity index (χ2n) is 7.22. The van der Waals surface area contributed by atoms with Gasteiger partial charge in [-0.25, -0.2) is 4.99 Å². The molecule has 0 aromatic heterocycles. The lowest BCUT2D eigenvalue weighted by molar-refractivity contribution is -0.115. The van der Waals surface area contributed by atoms with Crippen molar-refractivity contribution < 1.29 is 22.1 Å². The van der Waals surface area contributed by atoms with E-state index in [1.165, 1.54) is 49.2 Å². The molecule has 1 amide bonds. The van der Waals surface area contributed by atoms with E-state index in [2.05, 4.69) is 10.3 Å². The Morgan fingerprint density at radius 3 is 2.38 bits per heavy atom. The number of amidine groups is 1. The molecule has 1 N–H and O–H groups in total. The Balaban J connectivity index is 1.55. The maximum absolute atomic E-state index is 12.6.